The minimum Gasteiger partial charge on any atom is -0.463 e. The minimum absolute atomic E-state index is 0.156. The molecule has 2 aliphatic heterocycles. The van der Waals surface area contributed by atoms with Gasteiger partial charge in [-0.1, -0.05) is 36.4 Å². The first kappa shape index (κ1) is 22.5. The van der Waals surface area contributed by atoms with E-state index in [4.69, 9.17) is 9.47 Å². The van der Waals surface area contributed by atoms with Crippen LogP contribution in [-0.4, -0.2) is 49.3 Å². The Balaban J connectivity index is 1.66. The van der Waals surface area contributed by atoms with Gasteiger partial charge in [-0.15, -0.1) is 11.3 Å². The number of hydrogen-bond donors (Lipinski definition) is 2. The number of amides is 2. The van der Waals surface area contributed by atoms with E-state index in [1.54, 1.807) is 18.3 Å². The van der Waals surface area contributed by atoms with Gasteiger partial charge in [-0.2, -0.15) is 0 Å². The van der Waals surface area contributed by atoms with Crippen LogP contribution in [0.4, 0.5) is 4.79 Å². The Bertz CT molecular complexity index is 939. The summed E-state index contributed by atoms with van der Waals surface area (Å²) < 4.78 is 11.3. The Morgan fingerprint density at radius 3 is 2.75 bits per heavy atom. The lowest BCUT2D eigenvalue weighted by molar-refractivity contribution is -0.139. The molecule has 0 bridgehead atoms. The molecule has 2 amide bonds. The summed E-state index contributed by atoms with van der Waals surface area (Å²) in [6.07, 6.45) is 2.24. The molecule has 3 heterocycles. The van der Waals surface area contributed by atoms with Crippen LogP contribution in [0.3, 0.4) is 0 Å². The zero-order valence-electron chi connectivity index (χ0n) is 18.2. The van der Waals surface area contributed by atoms with Crippen LogP contribution in [0, 0.1) is 0 Å². The molecular weight excluding hydrogens is 426 g/mol. The van der Waals surface area contributed by atoms with Gasteiger partial charge >= 0.3 is 12.0 Å². The molecule has 2 aliphatic rings. The predicted octanol–water partition coefficient (Wildman–Crippen LogP) is 3.60. The summed E-state index contributed by atoms with van der Waals surface area (Å²) in [6, 6.07) is 12.8. The third-order valence-electron chi connectivity index (χ3n) is 5.61. The SMILES string of the molecule is CCOC(=O)C1=C(CN(Cc2cccs2)C[C@@H]2CCCO2)NC(=O)N[C@H]1c1ccccc1. The van der Waals surface area contributed by atoms with Crippen LogP contribution in [0.2, 0.25) is 0 Å². The number of hydrogen-bond acceptors (Lipinski definition) is 6. The van der Waals surface area contributed by atoms with Gasteiger partial charge in [-0.05, 0) is 36.8 Å². The fraction of sp³-hybridized carbons (Fsp3) is 0.417. The van der Waals surface area contributed by atoms with Gasteiger partial charge in [0.05, 0.1) is 24.3 Å². The average Bonchev–Trinajstić information content (AvgIpc) is 3.48. The lowest BCUT2D eigenvalue weighted by atomic mass is 9.95. The minimum atomic E-state index is -0.565. The second-order valence-electron chi connectivity index (χ2n) is 7.94. The molecule has 2 N–H and O–H groups in total. The van der Waals surface area contributed by atoms with Crippen molar-refractivity contribution in [2.75, 3.05) is 26.3 Å². The number of benzene rings is 1. The molecule has 0 aliphatic carbocycles. The quantitative estimate of drug-likeness (QED) is 0.565. The van der Waals surface area contributed by atoms with E-state index >= 15 is 0 Å². The van der Waals surface area contributed by atoms with E-state index in [1.165, 1.54) is 4.88 Å². The molecule has 2 atom stereocenters. The summed E-state index contributed by atoms with van der Waals surface area (Å²) >= 11 is 1.69. The van der Waals surface area contributed by atoms with Crippen molar-refractivity contribution >= 4 is 23.3 Å². The highest BCUT2D eigenvalue weighted by atomic mass is 32.1. The number of rotatable bonds is 9. The molecule has 2 aromatic rings. The zero-order valence-corrected chi connectivity index (χ0v) is 19.0. The van der Waals surface area contributed by atoms with Crippen molar-refractivity contribution < 1.29 is 19.1 Å². The number of carbonyl (C=O) groups excluding carboxylic acids is 2. The molecule has 1 aromatic carbocycles. The fourth-order valence-electron chi connectivity index (χ4n) is 4.20. The van der Waals surface area contributed by atoms with Crippen LogP contribution >= 0.6 is 11.3 Å². The lowest BCUT2D eigenvalue weighted by Crippen LogP contribution is -2.49. The Kier molecular flexibility index (Phi) is 7.57. The first-order valence-corrected chi connectivity index (χ1v) is 11.9. The van der Waals surface area contributed by atoms with Gasteiger partial charge in [0, 0.05) is 36.8 Å². The van der Waals surface area contributed by atoms with Crippen molar-refractivity contribution in [2.45, 2.75) is 38.5 Å². The van der Waals surface area contributed by atoms with E-state index in [0.29, 0.717) is 17.8 Å². The van der Waals surface area contributed by atoms with Gasteiger partial charge in [-0.25, -0.2) is 9.59 Å². The van der Waals surface area contributed by atoms with Crippen LogP contribution in [0.15, 0.2) is 59.1 Å². The Morgan fingerprint density at radius 2 is 2.06 bits per heavy atom. The monoisotopic (exact) mass is 455 g/mol. The molecular formula is C24H29N3O4S. The van der Waals surface area contributed by atoms with Crippen molar-refractivity contribution in [1.82, 2.24) is 15.5 Å². The maximum atomic E-state index is 13.0. The highest BCUT2D eigenvalue weighted by Crippen LogP contribution is 2.29. The van der Waals surface area contributed by atoms with Gasteiger partial charge in [0.15, 0.2) is 0 Å². The normalized spacial score (nSPS) is 20.9. The first-order chi connectivity index (χ1) is 15.6. The molecule has 7 nitrogen and oxygen atoms in total. The van der Waals surface area contributed by atoms with E-state index in [2.05, 4.69) is 27.0 Å². The summed E-state index contributed by atoms with van der Waals surface area (Å²) in [7, 11) is 0. The number of ether oxygens (including phenoxy) is 2. The van der Waals surface area contributed by atoms with Crippen molar-refractivity contribution in [1.29, 1.82) is 0 Å². The maximum Gasteiger partial charge on any atom is 0.338 e. The second kappa shape index (κ2) is 10.8. The second-order valence-corrected chi connectivity index (χ2v) is 8.97. The van der Waals surface area contributed by atoms with Gasteiger partial charge in [0.2, 0.25) is 0 Å². The number of urea groups is 1. The molecule has 0 radical (unpaired) electrons. The molecule has 1 aromatic heterocycles. The smallest absolute Gasteiger partial charge is 0.338 e. The third kappa shape index (κ3) is 5.56. The van der Waals surface area contributed by atoms with Crippen molar-refractivity contribution in [3.63, 3.8) is 0 Å². The molecule has 1 fully saturated rings. The fourth-order valence-corrected chi connectivity index (χ4v) is 4.94. The van der Waals surface area contributed by atoms with Crippen LogP contribution in [0.25, 0.3) is 0 Å². The Hall–Kier alpha value is -2.68. The summed E-state index contributed by atoms with van der Waals surface area (Å²) in [6.45, 7) is 4.70. The summed E-state index contributed by atoms with van der Waals surface area (Å²) in [5, 5.41) is 7.84. The highest BCUT2D eigenvalue weighted by Gasteiger charge is 2.34. The molecule has 0 unspecified atom stereocenters. The van der Waals surface area contributed by atoms with Crippen LogP contribution in [-0.2, 0) is 20.8 Å². The largest absolute Gasteiger partial charge is 0.463 e. The molecule has 4 rings (SSSR count). The van der Waals surface area contributed by atoms with E-state index in [9.17, 15) is 9.59 Å². The first-order valence-electron chi connectivity index (χ1n) is 11.0. The van der Waals surface area contributed by atoms with E-state index < -0.39 is 12.0 Å². The summed E-state index contributed by atoms with van der Waals surface area (Å²) in [5.41, 5.74) is 1.86. The number of thiophene rings is 1. The molecule has 1 saturated heterocycles. The van der Waals surface area contributed by atoms with E-state index in [0.717, 1.165) is 38.1 Å². The summed E-state index contributed by atoms with van der Waals surface area (Å²) in [4.78, 5) is 29.1. The zero-order chi connectivity index (χ0) is 22.3. The molecule has 0 saturated carbocycles. The van der Waals surface area contributed by atoms with Crippen LogP contribution < -0.4 is 10.6 Å². The molecule has 0 spiro atoms. The predicted molar refractivity (Wildman–Crippen MR) is 123 cm³/mol. The number of esters is 1. The maximum absolute atomic E-state index is 13.0. The van der Waals surface area contributed by atoms with Gasteiger partial charge < -0.3 is 20.1 Å². The van der Waals surface area contributed by atoms with Crippen molar-refractivity contribution in [3.8, 4) is 0 Å². The van der Waals surface area contributed by atoms with E-state index in [1.807, 2.05) is 36.4 Å². The number of nitrogens with zero attached hydrogens (tertiary/aromatic N) is 1. The van der Waals surface area contributed by atoms with Gasteiger partial charge in [0.25, 0.3) is 0 Å². The molecule has 170 valence electrons. The van der Waals surface area contributed by atoms with Crippen molar-refractivity contribution in [3.05, 3.63) is 69.6 Å². The van der Waals surface area contributed by atoms with Crippen LogP contribution in [0.5, 0.6) is 0 Å². The van der Waals surface area contributed by atoms with Gasteiger partial charge in [-0.3, -0.25) is 4.90 Å². The highest BCUT2D eigenvalue weighted by molar-refractivity contribution is 7.09. The Morgan fingerprint density at radius 1 is 1.22 bits per heavy atom. The molecule has 8 heteroatoms. The van der Waals surface area contributed by atoms with Crippen LogP contribution in [0.1, 0.15) is 36.2 Å². The summed E-state index contributed by atoms with van der Waals surface area (Å²) in [5.74, 6) is -0.419. The standard InChI is InChI=1S/C24H29N3O4S/c1-2-30-23(28)21-20(25-24(29)26-22(21)17-8-4-3-5-9-17)16-27(14-18-10-6-12-31-18)15-19-11-7-13-32-19/h3-5,7-9,11,13,18,22H,2,6,10,12,14-16H2,1H3,(H2,25,26,29)/t18-,22-/m0/s1. The van der Waals surface area contributed by atoms with Crippen molar-refractivity contribution in [2.24, 2.45) is 0 Å². The third-order valence-corrected chi connectivity index (χ3v) is 6.47. The number of carbonyl (C=O) groups is 2. The lowest BCUT2D eigenvalue weighted by Gasteiger charge is -2.32. The average molecular weight is 456 g/mol. The molecule has 32 heavy (non-hydrogen) atoms. The topological polar surface area (TPSA) is 79.9 Å². The Labute approximate surface area is 192 Å². The van der Waals surface area contributed by atoms with E-state index in [-0.39, 0.29) is 18.7 Å². The number of nitrogens with one attached hydrogen (secondary N) is 2. The van der Waals surface area contributed by atoms with Gasteiger partial charge in [0.1, 0.15) is 0 Å².